The fourth-order valence-electron chi connectivity index (χ4n) is 2.00. The van der Waals surface area contributed by atoms with Gasteiger partial charge in [0.2, 0.25) is 5.91 Å². The fraction of sp³-hybridized carbons (Fsp3) is 0.333. The average molecular weight is 285 g/mol. The van der Waals surface area contributed by atoms with Gasteiger partial charge < -0.3 is 20.5 Å². The lowest BCUT2D eigenvalue weighted by Gasteiger charge is -2.34. The third-order valence-electron chi connectivity index (χ3n) is 2.96. The van der Waals surface area contributed by atoms with Crippen LogP contribution in [0.25, 0.3) is 0 Å². The molecule has 0 saturated carbocycles. The zero-order chi connectivity index (χ0) is 14.0. The van der Waals surface area contributed by atoms with Gasteiger partial charge >= 0.3 is 5.97 Å². The van der Waals surface area contributed by atoms with Gasteiger partial charge in [-0.25, -0.2) is 4.79 Å². The third-order valence-corrected chi connectivity index (χ3v) is 3.28. The first kappa shape index (κ1) is 13.6. The second-order valence-corrected chi connectivity index (χ2v) is 4.56. The van der Waals surface area contributed by atoms with Gasteiger partial charge in [-0.05, 0) is 18.2 Å². The molecule has 7 heteroatoms. The summed E-state index contributed by atoms with van der Waals surface area (Å²) in [6, 6.07) is 3.91. The van der Waals surface area contributed by atoms with Crippen LogP contribution in [0.15, 0.2) is 18.2 Å². The smallest absolute Gasteiger partial charge is 0.328 e. The Labute approximate surface area is 114 Å². The van der Waals surface area contributed by atoms with Gasteiger partial charge in [0.15, 0.2) is 6.04 Å². The quantitative estimate of drug-likeness (QED) is 0.853. The molecule has 6 nitrogen and oxygen atoms in total. The summed E-state index contributed by atoms with van der Waals surface area (Å²) >= 11 is 5.96. The van der Waals surface area contributed by atoms with Crippen LogP contribution in [0.4, 0.5) is 5.69 Å². The summed E-state index contributed by atoms with van der Waals surface area (Å²) in [7, 11) is 0. The number of ether oxygens (including phenoxy) is 1. The lowest BCUT2D eigenvalue weighted by Crippen LogP contribution is -2.50. The molecule has 1 saturated heterocycles. The number of carbonyl (C=O) groups is 2. The minimum atomic E-state index is -0.963. The van der Waals surface area contributed by atoms with Crippen LogP contribution in [-0.4, -0.2) is 42.8 Å². The second kappa shape index (κ2) is 5.46. The molecule has 1 unspecified atom stereocenters. The second-order valence-electron chi connectivity index (χ2n) is 4.15. The number of nitrogens with zero attached hydrogens (tertiary/aromatic N) is 1. The molecular formula is C12H13ClN2O4. The fourth-order valence-corrected chi connectivity index (χ4v) is 2.27. The minimum Gasteiger partial charge on any atom is -0.480 e. The first-order chi connectivity index (χ1) is 9.00. The number of hydrogen-bond acceptors (Lipinski definition) is 4. The van der Waals surface area contributed by atoms with Gasteiger partial charge in [0.25, 0.3) is 0 Å². The largest absolute Gasteiger partial charge is 0.480 e. The molecule has 102 valence electrons. The summed E-state index contributed by atoms with van der Waals surface area (Å²) in [5.74, 6) is -1.58. The first-order valence-electron chi connectivity index (χ1n) is 5.67. The molecule has 0 radical (unpaired) electrons. The van der Waals surface area contributed by atoms with Gasteiger partial charge in [0.1, 0.15) is 0 Å². The third kappa shape index (κ3) is 2.80. The van der Waals surface area contributed by atoms with Crippen molar-refractivity contribution in [1.82, 2.24) is 0 Å². The molecule has 1 amide bonds. The maximum absolute atomic E-state index is 11.2. The molecule has 1 aromatic rings. The molecule has 0 spiro atoms. The van der Waals surface area contributed by atoms with Crippen molar-refractivity contribution in [2.24, 2.45) is 5.73 Å². The van der Waals surface area contributed by atoms with Gasteiger partial charge in [-0.15, -0.1) is 0 Å². The monoisotopic (exact) mass is 284 g/mol. The van der Waals surface area contributed by atoms with Crippen molar-refractivity contribution in [1.29, 1.82) is 0 Å². The highest BCUT2D eigenvalue weighted by Gasteiger charge is 2.29. The highest BCUT2D eigenvalue weighted by molar-refractivity contribution is 6.34. The first-order valence-corrected chi connectivity index (χ1v) is 6.05. The minimum absolute atomic E-state index is 0.116. The topological polar surface area (TPSA) is 92.9 Å². The summed E-state index contributed by atoms with van der Waals surface area (Å²) in [5, 5.41) is 9.36. The summed E-state index contributed by atoms with van der Waals surface area (Å²) in [6.45, 7) is 1.01. The Kier molecular flexibility index (Phi) is 3.92. The van der Waals surface area contributed by atoms with E-state index in [1.165, 1.54) is 6.07 Å². The van der Waals surface area contributed by atoms with Gasteiger partial charge in [-0.2, -0.15) is 0 Å². The maximum Gasteiger partial charge on any atom is 0.328 e. The molecule has 0 aliphatic carbocycles. The number of halogens is 1. The summed E-state index contributed by atoms with van der Waals surface area (Å²) in [4.78, 5) is 23.9. The molecule has 3 N–H and O–H groups in total. The van der Waals surface area contributed by atoms with Gasteiger partial charge in [-0.3, -0.25) is 4.79 Å². The van der Waals surface area contributed by atoms with Gasteiger partial charge in [-0.1, -0.05) is 11.6 Å². The Balaban J connectivity index is 2.32. The van der Waals surface area contributed by atoms with Crippen molar-refractivity contribution in [3.05, 3.63) is 28.8 Å². The SMILES string of the molecule is NC(=O)c1ccc(N2CCOCC2C(=O)O)cc1Cl. The van der Waals surface area contributed by atoms with Crippen LogP contribution in [0.2, 0.25) is 5.02 Å². The Bertz CT molecular complexity index is 520. The van der Waals surface area contributed by atoms with Crippen molar-refractivity contribution in [2.45, 2.75) is 6.04 Å². The van der Waals surface area contributed by atoms with E-state index in [4.69, 9.17) is 27.2 Å². The van der Waals surface area contributed by atoms with Crippen LogP contribution in [0.1, 0.15) is 10.4 Å². The number of anilines is 1. The zero-order valence-corrected chi connectivity index (χ0v) is 10.8. The number of nitrogens with two attached hydrogens (primary N) is 1. The van der Waals surface area contributed by atoms with E-state index in [0.29, 0.717) is 18.8 Å². The normalized spacial score (nSPS) is 19.2. The Hall–Kier alpha value is -1.79. The molecule has 1 atom stereocenters. The molecule has 19 heavy (non-hydrogen) atoms. The Morgan fingerprint density at radius 2 is 2.21 bits per heavy atom. The zero-order valence-electron chi connectivity index (χ0n) is 10.0. The van der Waals surface area contributed by atoms with Gasteiger partial charge in [0.05, 0.1) is 23.8 Å². The van der Waals surface area contributed by atoms with E-state index in [-0.39, 0.29) is 17.2 Å². The number of rotatable bonds is 3. The lowest BCUT2D eigenvalue weighted by molar-refractivity contribution is -0.141. The number of primary amides is 1. The highest BCUT2D eigenvalue weighted by Crippen LogP contribution is 2.26. The van der Waals surface area contributed by atoms with E-state index in [9.17, 15) is 9.59 Å². The van der Waals surface area contributed by atoms with Crippen molar-refractivity contribution < 1.29 is 19.4 Å². The molecule has 2 rings (SSSR count). The number of carbonyl (C=O) groups excluding carboxylic acids is 1. The number of benzene rings is 1. The van der Waals surface area contributed by atoms with E-state index in [2.05, 4.69) is 0 Å². The average Bonchev–Trinajstić information content (AvgIpc) is 2.38. The van der Waals surface area contributed by atoms with Crippen molar-refractivity contribution in [3.63, 3.8) is 0 Å². The molecule has 1 heterocycles. The van der Waals surface area contributed by atoms with E-state index < -0.39 is 17.9 Å². The number of carboxylic acids is 1. The van der Waals surface area contributed by atoms with Crippen molar-refractivity contribution in [2.75, 3.05) is 24.7 Å². The predicted molar refractivity (Wildman–Crippen MR) is 69.6 cm³/mol. The predicted octanol–water partition coefficient (Wildman–Crippen LogP) is 0.729. The molecule has 1 aliphatic heterocycles. The number of amides is 1. The molecule has 1 fully saturated rings. The van der Waals surface area contributed by atoms with Crippen LogP contribution < -0.4 is 10.6 Å². The Morgan fingerprint density at radius 1 is 1.47 bits per heavy atom. The number of morpholine rings is 1. The van der Waals surface area contributed by atoms with Crippen LogP contribution in [0.5, 0.6) is 0 Å². The molecule has 0 bridgehead atoms. The van der Waals surface area contributed by atoms with Crippen molar-refractivity contribution >= 4 is 29.2 Å². The van der Waals surface area contributed by atoms with Gasteiger partial charge in [0, 0.05) is 12.2 Å². The maximum atomic E-state index is 11.2. The van der Waals surface area contributed by atoms with Crippen molar-refractivity contribution in [3.8, 4) is 0 Å². The van der Waals surface area contributed by atoms with Crippen LogP contribution in [-0.2, 0) is 9.53 Å². The standard InChI is InChI=1S/C12H13ClN2O4/c13-9-5-7(1-2-8(9)11(14)16)15-3-4-19-6-10(15)12(17)18/h1-2,5,10H,3-4,6H2,(H2,14,16)(H,17,18). The van der Waals surface area contributed by atoms with E-state index in [1.807, 2.05) is 0 Å². The van der Waals surface area contributed by atoms with E-state index in [1.54, 1.807) is 17.0 Å². The number of carboxylic acid groups (broad SMARTS) is 1. The molecule has 1 aromatic carbocycles. The van der Waals surface area contributed by atoms with E-state index >= 15 is 0 Å². The summed E-state index contributed by atoms with van der Waals surface area (Å²) < 4.78 is 5.16. The highest BCUT2D eigenvalue weighted by atomic mass is 35.5. The summed E-state index contributed by atoms with van der Waals surface area (Å²) in [6.07, 6.45) is 0. The van der Waals surface area contributed by atoms with Crippen LogP contribution in [0.3, 0.4) is 0 Å². The summed E-state index contributed by atoms with van der Waals surface area (Å²) in [5.41, 5.74) is 6.01. The lowest BCUT2D eigenvalue weighted by atomic mass is 10.1. The number of hydrogen-bond donors (Lipinski definition) is 2. The molecule has 0 aromatic heterocycles. The molecular weight excluding hydrogens is 272 g/mol. The van der Waals surface area contributed by atoms with Crippen LogP contribution >= 0.6 is 11.6 Å². The van der Waals surface area contributed by atoms with E-state index in [0.717, 1.165) is 0 Å². The van der Waals surface area contributed by atoms with Crippen LogP contribution in [0, 0.1) is 0 Å². The Morgan fingerprint density at radius 3 is 2.79 bits per heavy atom. The molecule has 1 aliphatic rings. The number of aliphatic carboxylic acids is 1.